The first-order valence-corrected chi connectivity index (χ1v) is 9.36. The first-order chi connectivity index (χ1) is 13.5. The summed E-state index contributed by atoms with van der Waals surface area (Å²) in [4.78, 5) is 39.7. The molecule has 1 aliphatic heterocycles. The average molecular weight is 380 g/mol. The summed E-state index contributed by atoms with van der Waals surface area (Å²) < 4.78 is 5.67. The van der Waals surface area contributed by atoms with Gasteiger partial charge >= 0.3 is 0 Å². The predicted octanol–water partition coefficient (Wildman–Crippen LogP) is 2.91. The number of amides is 3. The number of carbonyl (C=O) groups excluding carboxylic acids is 3. The number of carbonyl (C=O) groups is 3. The van der Waals surface area contributed by atoms with Crippen molar-refractivity contribution >= 4 is 17.7 Å². The molecule has 3 amide bonds. The van der Waals surface area contributed by atoms with Gasteiger partial charge in [0.1, 0.15) is 12.4 Å². The van der Waals surface area contributed by atoms with Crippen molar-refractivity contribution in [3.05, 3.63) is 65.2 Å². The molecule has 6 nitrogen and oxygen atoms in total. The number of imide groups is 1. The van der Waals surface area contributed by atoms with E-state index in [0.717, 1.165) is 11.3 Å². The van der Waals surface area contributed by atoms with Gasteiger partial charge in [0.05, 0.1) is 17.7 Å². The zero-order valence-corrected chi connectivity index (χ0v) is 16.2. The third-order valence-electron chi connectivity index (χ3n) is 4.76. The first-order valence-electron chi connectivity index (χ1n) is 9.36. The molecule has 0 fully saturated rings. The Morgan fingerprint density at radius 1 is 1.04 bits per heavy atom. The molecule has 3 rings (SSSR count). The van der Waals surface area contributed by atoms with E-state index < -0.39 is 0 Å². The zero-order valence-electron chi connectivity index (χ0n) is 16.2. The molecule has 0 aromatic heterocycles. The first kappa shape index (κ1) is 19.6. The Morgan fingerprint density at radius 3 is 2.36 bits per heavy atom. The lowest BCUT2D eigenvalue weighted by Crippen LogP contribution is -2.33. The molecule has 2 aromatic carbocycles. The molecule has 0 bridgehead atoms. The maximum absolute atomic E-state index is 12.3. The summed E-state index contributed by atoms with van der Waals surface area (Å²) in [5.41, 5.74) is 1.99. The lowest BCUT2D eigenvalue weighted by molar-refractivity contribution is -0.130. The standard InChI is InChI=1S/C22H24N2O4/c1-16-7-5-8-17(15-16)28-14-13-23(2)20(25)11-6-12-24-21(26)18-9-3-4-10-19(18)22(24)27/h3-5,7-10,15H,6,11-14H2,1-2H3. The van der Waals surface area contributed by atoms with Gasteiger partial charge in [-0.3, -0.25) is 19.3 Å². The number of benzene rings is 2. The lowest BCUT2D eigenvalue weighted by Gasteiger charge is -2.19. The van der Waals surface area contributed by atoms with Crippen LogP contribution in [0.2, 0.25) is 0 Å². The third kappa shape index (κ3) is 4.39. The zero-order chi connectivity index (χ0) is 20.1. The van der Waals surface area contributed by atoms with Gasteiger partial charge in [-0.05, 0) is 43.2 Å². The fourth-order valence-corrected chi connectivity index (χ4v) is 3.15. The molecule has 0 aliphatic carbocycles. The van der Waals surface area contributed by atoms with Gasteiger partial charge in [0.25, 0.3) is 11.8 Å². The number of hydrogen-bond donors (Lipinski definition) is 0. The van der Waals surface area contributed by atoms with E-state index >= 15 is 0 Å². The quantitative estimate of drug-likeness (QED) is 0.661. The van der Waals surface area contributed by atoms with E-state index in [0.29, 0.717) is 30.7 Å². The average Bonchev–Trinajstić information content (AvgIpc) is 2.93. The van der Waals surface area contributed by atoms with Crippen LogP contribution in [0.15, 0.2) is 48.5 Å². The molecule has 146 valence electrons. The van der Waals surface area contributed by atoms with Crippen LogP contribution in [-0.2, 0) is 4.79 Å². The van der Waals surface area contributed by atoms with Crippen molar-refractivity contribution in [1.29, 1.82) is 0 Å². The molecular formula is C22H24N2O4. The fourth-order valence-electron chi connectivity index (χ4n) is 3.15. The molecule has 6 heteroatoms. The van der Waals surface area contributed by atoms with Crippen molar-refractivity contribution in [3.8, 4) is 5.75 Å². The molecule has 0 radical (unpaired) electrons. The number of aryl methyl sites for hydroxylation is 1. The van der Waals surface area contributed by atoms with E-state index in [1.165, 1.54) is 4.90 Å². The van der Waals surface area contributed by atoms with Gasteiger partial charge in [-0.25, -0.2) is 0 Å². The Morgan fingerprint density at radius 2 is 1.71 bits per heavy atom. The van der Waals surface area contributed by atoms with Crippen molar-refractivity contribution in [2.75, 3.05) is 26.7 Å². The molecule has 0 saturated carbocycles. The van der Waals surface area contributed by atoms with Crippen LogP contribution in [-0.4, -0.2) is 54.3 Å². The van der Waals surface area contributed by atoms with Crippen LogP contribution in [0.25, 0.3) is 0 Å². The molecule has 1 aliphatic rings. The van der Waals surface area contributed by atoms with Gasteiger partial charge in [-0.15, -0.1) is 0 Å². The normalized spacial score (nSPS) is 12.9. The summed E-state index contributed by atoms with van der Waals surface area (Å²) in [6.07, 6.45) is 0.710. The summed E-state index contributed by atoms with van der Waals surface area (Å²) in [6, 6.07) is 14.6. The molecule has 2 aromatic rings. The summed E-state index contributed by atoms with van der Waals surface area (Å²) in [6.45, 7) is 3.12. The van der Waals surface area contributed by atoms with E-state index in [-0.39, 0.29) is 30.7 Å². The highest BCUT2D eigenvalue weighted by molar-refractivity contribution is 6.21. The molecule has 0 spiro atoms. The Bertz CT molecular complexity index is 859. The second-order valence-corrected chi connectivity index (χ2v) is 6.89. The highest BCUT2D eigenvalue weighted by atomic mass is 16.5. The lowest BCUT2D eigenvalue weighted by atomic mass is 10.1. The molecule has 0 atom stereocenters. The highest BCUT2D eigenvalue weighted by Crippen LogP contribution is 2.22. The molecule has 0 saturated heterocycles. The number of nitrogens with zero attached hydrogens (tertiary/aromatic N) is 2. The number of likely N-dealkylation sites (N-methyl/N-ethyl adjacent to an activating group) is 1. The Hall–Kier alpha value is -3.15. The highest BCUT2D eigenvalue weighted by Gasteiger charge is 2.34. The Balaban J connectivity index is 1.41. The summed E-state index contributed by atoms with van der Waals surface area (Å²) in [5, 5.41) is 0. The SMILES string of the molecule is Cc1cccc(OCCN(C)C(=O)CCCN2C(=O)c3ccccc3C2=O)c1. The van der Waals surface area contributed by atoms with Gasteiger partial charge in [-0.1, -0.05) is 24.3 Å². The van der Waals surface area contributed by atoms with E-state index in [9.17, 15) is 14.4 Å². The van der Waals surface area contributed by atoms with Crippen molar-refractivity contribution in [2.24, 2.45) is 0 Å². The van der Waals surface area contributed by atoms with Crippen molar-refractivity contribution in [3.63, 3.8) is 0 Å². The number of ether oxygens (including phenoxy) is 1. The maximum Gasteiger partial charge on any atom is 0.261 e. The minimum absolute atomic E-state index is 0.0375. The summed E-state index contributed by atoms with van der Waals surface area (Å²) in [7, 11) is 1.73. The van der Waals surface area contributed by atoms with Crippen LogP contribution in [0.3, 0.4) is 0 Å². The molecular weight excluding hydrogens is 356 g/mol. The van der Waals surface area contributed by atoms with E-state index in [1.807, 2.05) is 31.2 Å². The van der Waals surface area contributed by atoms with Crippen LogP contribution in [0, 0.1) is 6.92 Å². The van der Waals surface area contributed by atoms with Gasteiger partial charge in [0, 0.05) is 20.0 Å². The van der Waals surface area contributed by atoms with Crippen LogP contribution >= 0.6 is 0 Å². The van der Waals surface area contributed by atoms with Crippen molar-refractivity contribution < 1.29 is 19.1 Å². The van der Waals surface area contributed by atoms with Crippen LogP contribution in [0.5, 0.6) is 5.75 Å². The number of hydrogen-bond acceptors (Lipinski definition) is 4. The largest absolute Gasteiger partial charge is 0.492 e. The van der Waals surface area contributed by atoms with E-state index in [1.54, 1.807) is 36.2 Å². The minimum Gasteiger partial charge on any atom is -0.492 e. The van der Waals surface area contributed by atoms with Crippen LogP contribution in [0.1, 0.15) is 39.1 Å². The molecule has 0 N–H and O–H groups in total. The number of rotatable bonds is 8. The molecule has 0 unspecified atom stereocenters. The fraction of sp³-hybridized carbons (Fsp3) is 0.318. The van der Waals surface area contributed by atoms with Crippen molar-refractivity contribution in [1.82, 2.24) is 9.80 Å². The van der Waals surface area contributed by atoms with Gasteiger partial charge in [0.2, 0.25) is 5.91 Å². The topological polar surface area (TPSA) is 66.9 Å². The van der Waals surface area contributed by atoms with Crippen LogP contribution < -0.4 is 4.74 Å². The van der Waals surface area contributed by atoms with Gasteiger partial charge in [-0.2, -0.15) is 0 Å². The smallest absolute Gasteiger partial charge is 0.261 e. The van der Waals surface area contributed by atoms with Crippen molar-refractivity contribution in [2.45, 2.75) is 19.8 Å². The summed E-state index contributed by atoms with van der Waals surface area (Å²) in [5.74, 6) is 0.178. The number of fused-ring (bicyclic) bond motifs is 1. The Labute approximate surface area is 164 Å². The van der Waals surface area contributed by atoms with Gasteiger partial charge in [0.15, 0.2) is 0 Å². The minimum atomic E-state index is -0.284. The second kappa shape index (κ2) is 8.69. The molecule has 28 heavy (non-hydrogen) atoms. The predicted molar refractivity (Wildman–Crippen MR) is 105 cm³/mol. The second-order valence-electron chi connectivity index (χ2n) is 6.89. The van der Waals surface area contributed by atoms with Gasteiger partial charge < -0.3 is 9.64 Å². The maximum atomic E-state index is 12.3. The Kier molecular flexibility index (Phi) is 6.09. The van der Waals surface area contributed by atoms with Crippen LogP contribution in [0.4, 0.5) is 0 Å². The van der Waals surface area contributed by atoms with E-state index in [2.05, 4.69) is 0 Å². The third-order valence-corrected chi connectivity index (χ3v) is 4.76. The monoisotopic (exact) mass is 380 g/mol. The summed E-state index contributed by atoms with van der Waals surface area (Å²) >= 11 is 0. The van der Waals surface area contributed by atoms with E-state index in [4.69, 9.17) is 4.74 Å². The molecule has 1 heterocycles.